The normalized spacial score (nSPS) is 11.4. The van der Waals surface area contributed by atoms with Crippen molar-refractivity contribution in [2.45, 2.75) is 25.5 Å². The molecule has 0 heterocycles. The van der Waals surface area contributed by atoms with Crippen molar-refractivity contribution in [2.24, 2.45) is 0 Å². The van der Waals surface area contributed by atoms with Crippen LogP contribution < -0.4 is 5.32 Å². The summed E-state index contributed by atoms with van der Waals surface area (Å²) in [6.45, 7) is 3.32. The Morgan fingerprint density at radius 3 is 2.52 bits per heavy atom. The quantitative estimate of drug-likeness (QED) is 0.778. The van der Waals surface area contributed by atoms with E-state index in [1.807, 2.05) is 0 Å². The van der Waals surface area contributed by atoms with Crippen LogP contribution in [0.15, 0.2) is 24.3 Å². The Kier molecular flexibility index (Phi) is 5.90. The first-order chi connectivity index (χ1) is 9.72. The lowest BCUT2D eigenvalue weighted by Gasteiger charge is -2.08. The fourth-order valence-corrected chi connectivity index (χ4v) is 2.41. The van der Waals surface area contributed by atoms with Crippen LogP contribution in [0.5, 0.6) is 0 Å². The number of carbonyl (C=O) groups is 2. The largest absolute Gasteiger partial charge is 0.478 e. The van der Waals surface area contributed by atoms with Gasteiger partial charge in [0.1, 0.15) is 5.75 Å². The zero-order chi connectivity index (χ0) is 16.0. The molecule has 0 aromatic heterocycles. The SMILES string of the molecule is CC(C)S(=O)(=O)CC(=O)NCCc1cccc(C(=O)O)c1. The minimum absolute atomic E-state index is 0.182. The minimum Gasteiger partial charge on any atom is -0.478 e. The number of aromatic carboxylic acids is 1. The topological polar surface area (TPSA) is 101 Å². The summed E-state index contributed by atoms with van der Waals surface area (Å²) in [5, 5.41) is 10.8. The van der Waals surface area contributed by atoms with Crippen LogP contribution in [-0.2, 0) is 21.1 Å². The number of carboxylic acid groups (broad SMARTS) is 1. The third-order valence-electron chi connectivity index (χ3n) is 2.96. The lowest BCUT2D eigenvalue weighted by atomic mass is 10.1. The first kappa shape index (κ1) is 17.2. The van der Waals surface area contributed by atoms with Gasteiger partial charge in [0.2, 0.25) is 5.91 Å². The Balaban J connectivity index is 2.49. The molecule has 1 aromatic carbocycles. The number of carboxylic acids is 1. The van der Waals surface area contributed by atoms with Gasteiger partial charge in [0.25, 0.3) is 0 Å². The molecule has 0 aliphatic rings. The summed E-state index contributed by atoms with van der Waals surface area (Å²) < 4.78 is 23.1. The van der Waals surface area contributed by atoms with E-state index in [1.165, 1.54) is 26.0 Å². The fraction of sp³-hybridized carbons (Fsp3) is 0.429. The zero-order valence-electron chi connectivity index (χ0n) is 12.0. The number of hydrogen-bond donors (Lipinski definition) is 2. The molecule has 0 unspecified atom stereocenters. The molecule has 21 heavy (non-hydrogen) atoms. The summed E-state index contributed by atoms with van der Waals surface area (Å²) in [4.78, 5) is 22.4. The molecule has 0 saturated heterocycles. The van der Waals surface area contributed by atoms with Gasteiger partial charge < -0.3 is 10.4 Å². The maximum absolute atomic E-state index is 11.6. The average Bonchev–Trinajstić information content (AvgIpc) is 2.38. The Morgan fingerprint density at radius 2 is 1.95 bits per heavy atom. The van der Waals surface area contributed by atoms with E-state index in [0.717, 1.165) is 5.56 Å². The first-order valence-electron chi connectivity index (χ1n) is 6.53. The van der Waals surface area contributed by atoms with E-state index < -0.39 is 32.7 Å². The van der Waals surface area contributed by atoms with Crippen LogP contribution in [0, 0.1) is 0 Å². The van der Waals surface area contributed by atoms with Crippen molar-refractivity contribution < 1.29 is 23.1 Å². The monoisotopic (exact) mass is 313 g/mol. The second kappa shape index (κ2) is 7.21. The summed E-state index contributed by atoms with van der Waals surface area (Å²) in [5.74, 6) is -2.08. The molecule has 2 N–H and O–H groups in total. The molecule has 0 bridgehead atoms. The van der Waals surface area contributed by atoms with Crippen molar-refractivity contribution in [1.82, 2.24) is 5.32 Å². The lowest BCUT2D eigenvalue weighted by Crippen LogP contribution is -2.34. The van der Waals surface area contributed by atoms with Crippen molar-refractivity contribution in [3.05, 3.63) is 35.4 Å². The van der Waals surface area contributed by atoms with Crippen LogP contribution in [0.3, 0.4) is 0 Å². The Labute approximate surface area is 124 Å². The molecular weight excluding hydrogens is 294 g/mol. The predicted molar refractivity (Wildman–Crippen MR) is 79.0 cm³/mol. The first-order valence-corrected chi connectivity index (χ1v) is 8.24. The van der Waals surface area contributed by atoms with Gasteiger partial charge in [-0.05, 0) is 38.0 Å². The predicted octanol–water partition coefficient (Wildman–Crippen LogP) is 0.867. The number of carbonyl (C=O) groups excluding carboxylic acids is 1. The van der Waals surface area contributed by atoms with Crippen molar-refractivity contribution in [3.8, 4) is 0 Å². The second-order valence-corrected chi connectivity index (χ2v) is 7.52. The molecule has 7 heteroatoms. The number of benzene rings is 1. The van der Waals surface area contributed by atoms with Gasteiger partial charge in [-0.1, -0.05) is 12.1 Å². The Morgan fingerprint density at radius 1 is 1.29 bits per heavy atom. The van der Waals surface area contributed by atoms with E-state index in [-0.39, 0.29) is 12.1 Å². The maximum atomic E-state index is 11.6. The Bertz CT molecular complexity index is 622. The number of sulfone groups is 1. The summed E-state index contributed by atoms with van der Waals surface area (Å²) in [5.41, 5.74) is 0.947. The highest BCUT2D eigenvalue weighted by Crippen LogP contribution is 2.06. The molecule has 0 spiro atoms. The van der Waals surface area contributed by atoms with Gasteiger partial charge in [0, 0.05) is 6.54 Å². The molecule has 0 fully saturated rings. The molecule has 1 amide bonds. The van der Waals surface area contributed by atoms with E-state index in [9.17, 15) is 18.0 Å². The molecular formula is C14H19NO5S. The molecule has 1 rings (SSSR count). The molecule has 0 aliphatic heterocycles. The van der Waals surface area contributed by atoms with Gasteiger partial charge in [-0.15, -0.1) is 0 Å². The second-order valence-electron chi connectivity index (χ2n) is 4.96. The van der Waals surface area contributed by atoms with Crippen molar-refractivity contribution in [2.75, 3.05) is 12.3 Å². The molecule has 0 aliphatic carbocycles. The van der Waals surface area contributed by atoms with Crippen LogP contribution in [0.1, 0.15) is 29.8 Å². The average molecular weight is 313 g/mol. The summed E-state index contributed by atoms with van der Waals surface area (Å²) in [7, 11) is -3.40. The fourth-order valence-electron chi connectivity index (χ4n) is 1.61. The van der Waals surface area contributed by atoms with E-state index in [4.69, 9.17) is 5.11 Å². The van der Waals surface area contributed by atoms with Gasteiger partial charge in [0.15, 0.2) is 9.84 Å². The van der Waals surface area contributed by atoms with E-state index in [0.29, 0.717) is 6.42 Å². The zero-order valence-corrected chi connectivity index (χ0v) is 12.8. The van der Waals surface area contributed by atoms with Gasteiger partial charge in [0.05, 0.1) is 10.8 Å². The molecule has 116 valence electrons. The third-order valence-corrected chi connectivity index (χ3v) is 5.06. The molecule has 6 nitrogen and oxygen atoms in total. The summed E-state index contributed by atoms with van der Waals surface area (Å²) in [6, 6.07) is 6.40. The van der Waals surface area contributed by atoms with Gasteiger partial charge >= 0.3 is 5.97 Å². The third kappa shape index (κ3) is 5.55. The van der Waals surface area contributed by atoms with Gasteiger partial charge in [-0.3, -0.25) is 4.79 Å². The van der Waals surface area contributed by atoms with Crippen LogP contribution in [-0.4, -0.2) is 42.9 Å². The smallest absolute Gasteiger partial charge is 0.335 e. The number of amides is 1. The highest BCUT2D eigenvalue weighted by Gasteiger charge is 2.20. The maximum Gasteiger partial charge on any atom is 0.335 e. The number of nitrogens with one attached hydrogen (secondary N) is 1. The molecule has 0 atom stereocenters. The van der Waals surface area contributed by atoms with E-state index >= 15 is 0 Å². The van der Waals surface area contributed by atoms with Crippen LogP contribution >= 0.6 is 0 Å². The molecule has 0 radical (unpaired) electrons. The van der Waals surface area contributed by atoms with Crippen LogP contribution in [0.4, 0.5) is 0 Å². The highest BCUT2D eigenvalue weighted by molar-refractivity contribution is 7.92. The Hall–Kier alpha value is -1.89. The summed E-state index contributed by atoms with van der Waals surface area (Å²) in [6.07, 6.45) is 0.439. The highest BCUT2D eigenvalue weighted by atomic mass is 32.2. The molecule has 0 saturated carbocycles. The summed E-state index contributed by atoms with van der Waals surface area (Å²) >= 11 is 0. The van der Waals surface area contributed by atoms with Crippen molar-refractivity contribution in [3.63, 3.8) is 0 Å². The lowest BCUT2D eigenvalue weighted by molar-refractivity contribution is -0.118. The minimum atomic E-state index is -3.40. The van der Waals surface area contributed by atoms with Gasteiger partial charge in [-0.2, -0.15) is 0 Å². The molecule has 1 aromatic rings. The van der Waals surface area contributed by atoms with Crippen LogP contribution in [0.2, 0.25) is 0 Å². The standard InChI is InChI=1S/C14H19NO5S/c1-10(2)21(19,20)9-13(16)15-7-6-11-4-3-5-12(8-11)14(17)18/h3-5,8,10H,6-7,9H2,1-2H3,(H,15,16)(H,17,18). The number of rotatable bonds is 7. The van der Waals surface area contributed by atoms with Crippen LogP contribution in [0.25, 0.3) is 0 Å². The van der Waals surface area contributed by atoms with E-state index in [2.05, 4.69) is 5.32 Å². The van der Waals surface area contributed by atoms with Crippen molar-refractivity contribution >= 4 is 21.7 Å². The van der Waals surface area contributed by atoms with Crippen molar-refractivity contribution in [1.29, 1.82) is 0 Å². The van der Waals surface area contributed by atoms with E-state index in [1.54, 1.807) is 12.1 Å². The number of hydrogen-bond acceptors (Lipinski definition) is 4. The van der Waals surface area contributed by atoms with Gasteiger partial charge in [-0.25, -0.2) is 13.2 Å².